The molecule has 0 radical (unpaired) electrons. The van der Waals surface area contributed by atoms with Gasteiger partial charge in [0.2, 0.25) is 0 Å². The maximum absolute atomic E-state index is 2.60. The van der Waals surface area contributed by atoms with Gasteiger partial charge in [0.05, 0.1) is 5.41 Å². The lowest BCUT2D eigenvalue weighted by Crippen LogP contribution is -2.61. The van der Waals surface area contributed by atoms with E-state index in [9.17, 15) is 0 Å². The molecule has 20 rings (SSSR count). The highest BCUT2D eigenvalue weighted by molar-refractivity contribution is 7.02. The lowest BCUT2D eigenvalue weighted by Gasteiger charge is -2.44. The van der Waals surface area contributed by atoms with Gasteiger partial charge in [-0.15, -0.1) is 0 Å². The van der Waals surface area contributed by atoms with Crippen molar-refractivity contribution in [2.45, 2.75) is 5.41 Å². The maximum Gasteiger partial charge on any atom is 0.252 e. The van der Waals surface area contributed by atoms with Crippen LogP contribution in [0.1, 0.15) is 22.3 Å². The molecule has 0 unspecified atom stereocenters. The zero-order valence-corrected chi connectivity index (χ0v) is 47.3. The highest BCUT2D eigenvalue weighted by Crippen LogP contribution is 2.64. The second kappa shape index (κ2) is 17.5. The average Bonchev–Trinajstić information content (AvgIpc) is 1.69. The third kappa shape index (κ3) is 6.13. The van der Waals surface area contributed by atoms with Gasteiger partial charge in [-0.25, -0.2) is 0 Å². The lowest BCUT2D eigenvalue weighted by molar-refractivity contribution is 0.793. The molecule has 400 valence electrons. The lowest BCUT2D eigenvalue weighted by atomic mass is 9.33. The fraction of sp³-hybridized carbons (Fsp3) is 0.0123. The smallest absolute Gasteiger partial charge is 0.252 e. The number of fused-ring (bicyclic) bond motifs is 22. The van der Waals surface area contributed by atoms with E-state index in [0.717, 1.165) is 22.7 Å². The van der Waals surface area contributed by atoms with Crippen molar-refractivity contribution in [3.63, 3.8) is 0 Å². The Bertz CT molecular complexity index is 4980. The van der Waals surface area contributed by atoms with Crippen LogP contribution >= 0.6 is 0 Å². The van der Waals surface area contributed by atoms with Gasteiger partial charge in [0.15, 0.2) is 0 Å². The molecule has 0 saturated heterocycles. The molecule has 0 atom stereocenters. The van der Waals surface area contributed by atoms with Crippen molar-refractivity contribution in [1.29, 1.82) is 0 Å². The summed E-state index contributed by atoms with van der Waals surface area (Å²) < 4.78 is 0. The zero-order chi connectivity index (χ0) is 56.6. The summed E-state index contributed by atoms with van der Waals surface area (Å²) in [6, 6.07) is 115. The molecule has 0 bridgehead atoms. The van der Waals surface area contributed by atoms with Crippen LogP contribution in [0, 0.1) is 0 Å². The van der Waals surface area contributed by atoms with Crippen molar-refractivity contribution in [3.05, 3.63) is 326 Å². The molecule has 6 aliphatic rings. The second-order valence-corrected chi connectivity index (χ2v) is 24.2. The second-order valence-electron chi connectivity index (χ2n) is 24.2. The molecule has 14 aromatic rings. The molecule has 4 nitrogen and oxygen atoms in total. The molecular weight excluding hydrogens is 1050 g/mol. The largest absolute Gasteiger partial charge is 0.311 e. The fourth-order valence-corrected chi connectivity index (χ4v) is 17.0. The Kier molecular flexibility index (Phi) is 9.52. The van der Waals surface area contributed by atoms with Crippen molar-refractivity contribution in [2.24, 2.45) is 0 Å². The van der Waals surface area contributed by atoms with Gasteiger partial charge in [0, 0.05) is 68.2 Å². The van der Waals surface area contributed by atoms with E-state index in [2.05, 4.69) is 323 Å². The van der Waals surface area contributed by atoms with Crippen molar-refractivity contribution in [1.82, 2.24) is 0 Å². The van der Waals surface area contributed by atoms with Crippen molar-refractivity contribution in [3.8, 4) is 22.3 Å². The minimum absolute atomic E-state index is 0.00121. The first kappa shape index (κ1) is 47.3. The minimum Gasteiger partial charge on any atom is -0.311 e. The van der Waals surface area contributed by atoms with E-state index in [0.29, 0.717) is 0 Å². The van der Waals surface area contributed by atoms with E-state index < -0.39 is 5.41 Å². The van der Waals surface area contributed by atoms with Gasteiger partial charge in [-0.2, -0.15) is 0 Å². The van der Waals surface area contributed by atoms with Crippen LogP contribution in [0.5, 0.6) is 0 Å². The van der Waals surface area contributed by atoms with Gasteiger partial charge in [0.25, 0.3) is 13.4 Å². The summed E-state index contributed by atoms with van der Waals surface area (Å²) in [6.07, 6.45) is 0. The molecular formula is C81H50B2N4. The number of benzene rings is 14. The Morgan fingerprint density at radius 1 is 0.218 bits per heavy atom. The highest BCUT2D eigenvalue weighted by Gasteiger charge is 2.53. The van der Waals surface area contributed by atoms with Crippen LogP contribution in [0.25, 0.3) is 43.8 Å². The Morgan fingerprint density at radius 2 is 0.563 bits per heavy atom. The molecule has 0 fully saturated rings. The average molecular weight is 1100 g/mol. The first-order chi connectivity index (χ1) is 43.2. The molecule has 0 saturated carbocycles. The Balaban J connectivity index is 0.836. The summed E-state index contributed by atoms with van der Waals surface area (Å²) in [5.74, 6) is 0. The van der Waals surface area contributed by atoms with E-state index >= 15 is 0 Å². The summed E-state index contributed by atoms with van der Waals surface area (Å²) >= 11 is 0. The summed E-state index contributed by atoms with van der Waals surface area (Å²) in [5.41, 5.74) is 31.8. The Hall–Kier alpha value is -11.1. The van der Waals surface area contributed by atoms with E-state index in [-0.39, 0.29) is 13.4 Å². The van der Waals surface area contributed by atoms with Crippen LogP contribution in [0.15, 0.2) is 303 Å². The van der Waals surface area contributed by atoms with E-state index in [4.69, 9.17) is 0 Å². The number of rotatable bonds is 4. The van der Waals surface area contributed by atoms with E-state index in [1.54, 1.807) is 0 Å². The first-order valence-electron chi connectivity index (χ1n) is 30.5. The maximum atomic E-state index is 2.60. The molecule has 0 aromatic heterocycles. The predicted octanol–water partition coefficient (Wildman–Crippen LogP) is 16.5. The number of para-hydroxylation sites is 4. The molecule has 2 aliphatic carbocycles. The molecule has 0 N–H and O–H groups in total. The zero-order valence-electron chi connectivity index (χ0n) is 47.3. The number of anilines is 12. The van der Waals surface area contributed by atoms with E-state index in [1.807, 2.05) is 0 Å². The van der Waals surface area contributed by atoms with Crippen LogP contribution in [0.4, 0.5) is 68.2 Å². The molecule has 6 heteroatoms. The number of nitrogens with zero attached hydrogens (tertiary/aromatic N) is 4. The Labute approximate surface area is 505 Å². The molecule has 87 heavy (non-hydrogen) atoms. The SMILES string of the molecule is c1ccc(N2c3ccccc3B3c4c2cccc4N(c2ccc4c(c2)C2(c5ccccc5-4)c4ccccc4-c4ccc(N5c6cccc7c6B(c6ccccc6N7c6ccccc6)c6c5ccc5ccccc65)cc42)c2ccc4ccccc4c23)cc1. The van der Waals surface area contributed by atoms with Crippen LogP contribution in [0.2, 0.25) is 0 Å². The van der Waals surface area contributed by atoms with Gasteiger partial charge in [-0.3, -0.25) is 0 Å². The van der Waals surface area contributed by atoms with Crippen LogP contribution < -0.4 is 52.4 Å². The topological polar surface area (TPSA) is 13.0 Å². The first-order valence-corrected chi connectivity index (χ1v) is 30.5. The van der Waals surface area contributed by atoms with Crippen LogP contribution in [0.3, 0.4) is 0 Å². The summed E-state index contributed by atoms with van der Waals surface area (Å²) in [5, 5.41) is 5.04. The molecule has 14 aromatic carbocycles. The number of hydrogen-bond acceptors (Lipinski definition) is 4. The fourth-order valence-electron chi connectivity index (χ4n) is 17.0. The third-order valence-corrected chi connectivity index (χ3v) is 20.2. The van der Waals surface area contributed by atoms with Crippen molar-refractivity contribution < 1.29 is 0 Å². The van der Waals surface area contributed by atoms with Gasteiger partial charge in [-0.1, -0.05) is 206 Å². The standard InChI is InChI=1S/C81H50B2N4/c1-3-23-53(24-4-1)84-69-35-17-15-33-67(69)82-77-57-27-9-7-21-51(57)41-47-75(77)86(73-39-19-37-71(84)79(73)82)55-43-45-61-59-29-11-13-31-63(59)81(65(61)49-55)64-32-14-12-30-60(64)62-46-44-56(50-66(62)81)87-74-40-20-38-72-80(74)83(78-58-28-10-8-22-52(58)42-48-76(78)87)68-34-16-18-36-70(68)85(72)54-25-5-2-6-26-54/h1-50H. The van der Waals surface area contributed by atoms with Crippen LogP contribution in [-0.4, -0.2) is 13.4 Å². The Morgan fingerprint density at radius 3 is 1.02 bits per heavy atom. The van der Waals surface area contributed by atoms with Crippen molar-refractivity contribution in [2.75, 3.05) is 19.6 Å². The molecule has 1 spiro atoms. The van der Waals surface area contributed by atoms with Gasteiger partial charge in [0.1, 0.15) is 0 Å². The quantitative estimate of drug-likeness (QED) is 0.163. The highest BCUT2D eigenvalue weighted by atomic mass is 15.2. The van der Waals surface area contributed by atoms with Gasteiger partial charge < -0.3 is 19.6 Å². The van der Waals surface area contributed by atoms with Crippen LogP contribution in [-0.2, 0) is 5.41 Å². The molecule has 4 heterocycles. The molecule has 0 amide bonds. The molecule has 4 aliphatic heterocycles. The third-order valence-electron chi connectivity index (χ3n) is 20.2. The van der Waals surface area contributed by atoms with Gasteiger partial charge >= 0.3 is 0 Å². The minimum atomic E-state index is -0.655. The van der Waals surface area contributed by atoms with E-state index in [1.165, 1.54) is 144 Å². The summed E-state index contributed by atoms with van der Waals surface area (Å²) in [4.78, 5) is 10.2. The summed E-state index contributed by atoms with van der Waals surface area (Å²) in [6.45, 7) is 0.00242. The van der Waals surface area contributed by atoms with Crippen molar-refractivity contribution >= 4 is 136 Å². The van der Waals surface area contributed by atoms with Gasteiger partial charge in [-0.05, 0) is 196 Å². The summed E-state index contributed by atoms with van der Waals surface area (Å²) in [7, 11) is 0. The normalized spacial score (nSPS) is 14.4. The number of hydrogen-bond donors (Lipinski definition) is 0. The predicted molar refractivity (Wildman–Crippen MR) is 366 cm³/mol. The monoisotopic (exact) mass is 1100 g/mol.